The van der Waals surface area contributed by atoms with Crippen LogP contribution >= 0.6 is 0 Å². The highest BCUT2D eigenvalue weighted by Crippen LogP contribution is 2.34. The first-order chi connectivity index (χ1) is 16.4. The van der Waals surface area contributed by atoms with Crippen LogP contribution in [0.1, 0.15) is 51.8 Å². The molecule has 3 N–H and O–H groups in total. The van der Waals surface area contributed by atoms with Crippen molar-refractivity contribution in [3.63, 3.8) is 0 Å². The Bertz CT molecular complexity index is 1160. The van der Waals surface area contributed by atoms with Crippen LogP contribution < -0.4 is 10.2 Å². The minimum atomic E-state index is -2.72. The second kappa shape index (κ2) is 8.93. The maximum atomic E-state index is 15.3. The third-order valence-corrected chi connectivity index (χ3v) is 4.84. The van der Waals surface area contributed by atoms with E-state index < -0.39 is 61.2 Å². The quantitative estimate of drug-likeness (QED) is 0.547. The summed E-state index contributed by atoms with van der Waals surface area (Å²) in [6.07, 6.45) is -6.37. The molecule has 0 unspecified atom stereocenters. The SMILES string of the molecule is [2H]C1([2H])CN(c2cc3c(cc2F)c(NCCC(=O)O)nn3C)CC([2H])([2H])C1(O)CC(=O)OC(C)(C)C. The minimum absolute atomic E-state index is 0.0770. The Morgan fingerprint density at radius 3 is 2.59 bits per heavy atom. The topological polar surface area (TPSA) is 117 Å². The molecule has 1 aromatic heterocycles. The number of aromatic nitrogens is 2. The zero-order valence-electron chi connectivity index (χ0n) is 22.5. The second-order valence-corrected chi connectivity index (χ2v) is 8.70. The van der Waals surface area contributed by atoms with E-state index in [4.69, 9.17) is 15.3 Å². The monoisotopic (exact) mass is 454 g/mol. The number of ether oxygens (including phenoxy) is 1. The number of esters is 1. The van der Waals surface area contributed by atoms with E-state index in [9.17, 15) is 14.7 Å². The van der Waals surface area contributed by atoms with Crippen molar-refractivity contribution in [3.8, 4) is 0 Å². The molecule has 0 aliphatic carbocycles. The van der Waals surface area contributed by atoms with Gasteiger partial charge in [0.05, 0.1) is 29.6 Å². The Labute approximate surface area is 191 Å². The van der Waals surface area contributed by atoms with Crippen molar-refractivity contribution < 1.29 is 34.4 Å². The number of aryl methyl sites for hydroxylation is 1. The molecule has 1 aliphatic rings. The average molecular weight is 455 g/mol. The summed E-state index contributed by atoms with van der Waals surface area (Å²) in [6.45, 7) is 3.71. The molecule has 2 heterocycles. The standard InChI is InChI=1S/C22H31FN4O5/c1-21(2,3)32-19(30)13-22(31)6-9-27(10-7-22)17-12-16-14(11-15(17)23)20(25-26(16)4)24-8-5-18(28)29/h11-12,31H,5-10,13H2,1-4H3,(H,24,25)(H,28,29)/i6D2,7D2. The van der Waals surface area contributed by atoms with Gasteiger partial charge in [-0.3, -0.25) is 14.3 Å². The van der Waals surface area contributed by atoms with Gasteiger partial charge in [0, 0.05) is 37.6 Å². The summed E-state index contributed by atoms with van der Waals surface area (Å²) in [7, 11) is 1.60. The van der Waals surface area contributed by atoms with Crippen molar-refractivity contribution in [2.45, 2.75) is 57.6 Å². The Kier molecular flexibility index (Phi) is 5.21. The molecule has 176 valence electrons. The molecular formula is C22H31FN4O5. The summed E-state index contributed by atoms with van der Waals surface area (Å²) in [5.74, 6) is -2.45. The van der Waals surface area contributed by atoms with Gasteiger partial charge in [0.1, 0.15) is 11.4 Å². The first kappa shape index (κ1) is 18.7. The lowest BCUT2D eigenvalue weighted by Crippen LogP contribution is -2.46. The molecule has 0 amide bonds. The lowest BCUT2D eigenvalue weighted by atomic mass is 9.88. The van der Waals surface area contributed by atoms with Crippen molar-refractivity contribution in [3.05, 3.63) is 17.9 Å². The number of carbonyl (C=O) groups is 2. The summed E-state index contributed by atoms with van der Waals surface area (Å²) in [4.78, 5) is 24.3. The van der Waals surface area contributed by atoms with E-state index in [1.54, 1.807) is 27.8 Å². The predicted octanol–water partition coefficient (Wildman–Crippen LogP) is 2.66. The van der Waals surface area contributed by atoms with E-state index in [-0.39, 0.29) is 24.5 Å². The second-order valence-electron chi connectivity index (χ2n) is 8.70. The molecule has 2 aromatic rings. The van der Waals surface area contributed by atoms with Crippen LogP contribution in [-0.4, -0.2) is 62.8 Å². The Hall–Kier alpha value is -2.88. The van der Waals surface area contributed by atoms with Crippen molar-refractivity contribution >= 4 is 34.3 Å². The van der Waals surface area contributed by atoms with Gasteiger partial charge < -0.3 is 25.2 Å². The van der Waals surface area contributed by atoms with Crippen LogP contribution in [0.3, 0.4) is 0 Å². The van der Waals surface area contributed by atoms with Gasteiger partial charge in [-0.05, 0) is 45.6 Å². The number of aliphatic hydroxyl groups is 1. The molecular weight excluding hydrogens is 419 g/mol. The summed E-state index contributed by atoms with van der Waals surface area (Å²) in [6, 6.07) is 2.55. The van der Waals surface area contributed by atoms with E-state index >= 15 is 4.39 Å². The molecule has 0 saturated carbocycles. The number of carboxylic acid groups (broad SMARTS) is 1. The van der Waals surface area contributed by atoms with Gasteiger partial charge in [-0.15, -0.1) is 0 Å². The maximum Gasteiger partial charge on any atom is 0.309 e. The molecule has 1 fully saturated rings. The fourth-order valence-electron chi connectivity index (χ4n) is 3.38. The number of aliphatic carboxylic acids is 1. The Balaban J connectivity index is 1.93. The molecule has 1 aromatic carbocycles. The molecule has 1 aliphatic heterocycles. The summed E-state index contributed by atoms with van der Waals surface area (Å²) in [5, 5.41) is 27.4. The van der Waals surface area contributed by atoms with Crippen molar-refractivity contribution in [2.24, 2.45) is 7.05 Å². The number of carbonyl (C=O) groups excluding carboxylic acids is 1. The summed E-state index contributed by atoms with van der Waals surface area (Å²) < 4.78 is 55.7. The summed E-state index contributed by atoms with van der Waals surface area (Å²) in [5.41, 5.74) is -3.28. The lowest BCUT2D eigenvalue weighted by molar-refractivity contribution is -0.161. The van der Waals surface area contributed by atoms with E-state index in [0.717, 1.165) is 11.0 Å². The number of halogens is 1. The summed E-state index contributed by atoms with van der Waals surface area (Å²) >= 11 is 0. The molecule has 0 radical (unpaired) electrons. The van der Waals surface area contributed by atoms with Crippen LogP contribution in [0, 0.1) is 5.82 Å². The predicted molar refractivity (Wildman–Crippen MR) is 118 cm³/mol. The number of nitrogens with zero attached hydrogens (tertiary/aromatic N) is 3. The van der Waals surface area contributed by atoms with Gasteiger partial charge in [0.2, 0.25) is 0 Å². The van der Waals surface area contributed by atoms with Crippen LogP contribution in [0.2, 0.25) is 0 Å². The molecule has 0 bridgehead atoms. The van der Waals surface area contributed by atoms with Crippen LogP contribution in [0.25, 0.3) is 10.9 Å². The van der Waals surface area contributed by atoms with Gasteiger partial charge in [0.25, 0.3) is 0 Å². The molecule has 1 saturated heterocycles. The van der Waals surface area contributed by atoms with Crippen molar-refractivity contribution in [1.29, 1.82) is 0 Å². The fraction of sp³-hybridized carbons (Fsp3) is 0.591. The average Bonchev–Trinajstić information content (AvgIpc) is 2.98. The molecule has 0 spiro atoms. The molecule has 3 rings (SSSR count). The third kappa shape index (κ3) is 5.67. The van der Waals surface area contributed by atoms with E-state index in [1.807, 2.05) is 0 Å². The number of rotatable bonds is 7. The minimum Gasteiger partial charge on any atom is -0.481 e. The van der Waals surface area contributed by atoms with Gasteiger partial charge in [-0.25, -0.2) is 4.39 Å². The van der Waals surface area contributed by atoms with Crippen LogP contribution in [0.4, 0.5) is 15.9 Å². The number of hydrogen-bond acceptors (Lipinski definition) is 7. The van der Waals surface area contributed by atoms with Crippen molar-refractivity contribution in [1.82, 2.24) is 9.78 Å². The van der Waals surface area contributed by atoms with Crippen LogP contribution in [-0.2, 0) is 21.4 Å². The van der Waals surface area contributed by atoms with Crippen LogP contribution in [0.15, 0.2) is 12.1 Å². The molecule has 10 heteroatoms. The first-order valence-electron chi connectivity index (χ1n) is 12.2. The van der Waals surface area contributed by atoms with E-state index in [1.165, 1.54) is 10.7 Å². The Morgan fingerprint density at radius 1 is 1.34 bits per heavy atom. The third-order valence-electron chi connectivity index (χ3n) is 4.84. The Morgan fingerprint density at radius 2 is 2.00 bits per heavy atom. The number of carboxylic acids is 1. The number of hydrogen-bond donors (Lipinski definition) is 3. The highest BCUT2D eigenvalue weighted by atomic mass is 19.1. The number of fused-ring (bicyclic) bond motifs is 1. The highest BCUT2D eigenvalue weighted by molar-refractivity contribution is 5.92. The lowest BCUT2D eigenvalue weighted by Gasteiger charge is -2.39. The number of piperidine rings is 1. The molecule has 32 heavy (non-hydrogen) atoms. The highest BCUT2D eigenvalue weighted by Gasteiger charge is 2.36. The zero-order chi connectivity index (χ0) is 27.3. The molecule has 0 atom stereocenters. The molecule has 9 nitrogen and oxygen atoms in total. The van der Waals surface area contributed by atoms with E-state index in [0.29, 0.717) is 10.9 Å². The largest absolute Gasteiger partial charge is 0.481 e. The van der Waals surface area contributed by atoms with Gasteiger partial charge in [0.15, 0.2) is 5.82 Å². The number of nitrogens with one attached hydrogen (secondary N) is 1. The zero-order valence-corrected chi connectivity index (χ0v) is 18.5. The number of anilines is 2. The normalized spacial score (nSPS) is 21.2. The van der Waals surface area contributed by atoms with Crippen molar-refractivity contribution in [2.75, 3.05) is 29.9 Å². The van der Waals surface area contributed by atoms with Gasteiger partial charge in [-0.1, -0.05) is 0 Å². The first-order valence-corrected chi connectivity index (χ1v) is 10.2. The van der Waals surface area contributed by atoms with Gasteiger partial charge >= 0.3 is 11.9 Å². The van der Waals surface area contributed by atoms with Gasteiger partial charge in [-0.2, -0.15) is 5.10 Å². The van der Waals surface area contributed by atoms with Crippen LogP contribution in [0.5, 0.6) is 0 Å². The smallest absolute Gasteiger partial charge is 0.309 e. The van der Waals surface area contributed by atoms with E-state index in [2.05, 4.69) is 10.4 Å². The number of benzene rings is 1. The fourth-order valence-corrected chi connectivity index (χ4v) is 3.38. The maximum absolute atomic E-state index is 15.3.